The number of halogens is 2. The predicted molar refractivity (Wildman–Crippen MR) is 152 cm³/mol. The molecule has 0 aliphatic heterocycles. The van der Waals surface area contributed by atoms with Crippen molar-refractivity contribution in [3.8, 4) is 0 Å². The highest BCUT2D eigenvalue weighted by Gasteiger charge is 2.30. The SMILES string of the molecule is CC[C@H](C(=O)NC(C)(C)C)N(CCc1ccccc1)C(=O)CCCN(c1cc(Cl)ccc1Cl)S(C)(=O)=O. The fraction of sp³-hybridized carbons (Fsp3) is 0.481. The molecular formula is C27H37Cl2N3O4S. The van der Waals surface area contributed by atoms with Crippen LogP contribution in [0, 0.1) is 0 Å². The van der Waals surface area contributed by atoms with Gasteiger partial charge in [-0.1, -0.05) is 60.5 Å². The quantitative estimate of drug-likeness (QED) is 0.375. The third-order valence-electron chi connectivity index (χ3n) is 5.70. The van der Waals surface area contributed by atoms with Gasteiger partial charge in [0.1, 0.15) is 6.04 Å². The number of nitrogens with one attached hydrogen (secondary N) is 1. The van der Waals surface area contributed by atoms with Crippen molar-refractivity contribution in [1.29, 1.82) is 0 Å². The Bertz CT molecular complexity index is 1170. The maximum absolute atomic E-state index is 13.5. The minimum atomic E-state index is -3.68. The second-order valence-electron chi connectivity index (χ2n) is 10.0. The minimum Gasteiger partial charge on any atom is -0.350 e. The average Bonchev–Trinajstić information content (AvgIpc) is 2.79. The number of anilines is 1. The summed E-state index contributed by atoms with van der Waals surface area (Å²) in [6, 6.07) is 13.7. The summed E-state index contributed by atoms with van der Waals surface area (Å²) < 4.78 is 26.2. The summed E-state index contributed by atoms with van der Waals surface area (Å²) in [5, 5.41) is 3.58. The summed E-state index contributed by atoms with van der Waals surface area (Å²) in [5.41, 5.74) is 0.886. The molecule has 0 aromatic heterocycles. The Morgan fingerprint density at radius 2 is 1.68 bits per heavy atom. The number of hydrogen-bond donors (Lipinski definition) is 1. The molecule has 0 spiro atoms. The largest absolute Gasteiger partial charge is 0.350 e. The standard InChI is InChI=1S/C27H37Cl2N3O4S/c1-6-23(26(34)30-27(2,3)4)31(18-16-20-11-8-7-9-12-20)25(33)13-10-17-32(37(5,35)36)24-19-21(28)14-15-22(24)29/h7-9,11-12,14-15,19,23H,6,10,13,16-18H2,1-5H3,(H,30,34)/t23-/m1/s1. The van der Waals surface area contributed by atoms with Crippen LogP contribution in [0.4, 0.5) is 5.69 Å². The van der Waals surface area contributed by atoms with Crippen molar-refractivity contribution in [2.45, 2.75) is 65.0 Å². The Hall–Kier alpha value is -2.29. The van der Waals surface area contributed by atoms with Crippen molar-refractivity contribution in [3.63, 3.8) is 0 Å². The van der Waals surface area contributed by atoms with Gasteiger partial charge in [0.15, 0.2) is 0 Å². The molecule has 0 saturated heterocycles. The molecule has 1 atom stereocenters. The van der Waals surface area contributed by atoms with E-state index in [1.165, 1.54) is 12.1 Å². The summed E-state index contributed by atoms with van der Waals surface area (Å²) in [4.78, 5) is 28.2. The van der Waals surface area contributed by atoms with Crippen LogP contribution in [0.3, 0.4) is 0 Å². The summed E-state index contributed by atoms with van der Waals surface area (Å²) in [5.74, 6) is -0.419. The monoisotopic (exact) mass is 569 g/mol. The number of rotatable bonds is 12. The molecule has 0 fully saturated rings. The summed E-state index contributed by atoms with van der Waals surface area (Å²) in [7, 11) is -3.68. The molecule has 0 aliphatic rings. The van der Waals surface area contributed by atoms with E-state index in [1.807, 2.05) is 58.0 Å². The zero-order chi connectivity index (χ0) is 27.8. The van der Waals surface area contributed by atoms with Gasteiger partial charge in [0.2, 0.25) is 21.8 Å². The maximum Gasteiger partial charge on any atom is 0.243 e. The van der Waals surface area contributed by atoms with Gasteiger partial charge in [-0.2, -0.15) is 0 Å². The summed E-state index contributed by atoms with van der Waals surface area (Å²) in [6.45, 7) is 7.98. The Morgan fingerprint density at radius 3 is 2.24 bits per heavy atom. The molecule has 1 N–H and O–H groups in total. The number of carbonyl (C=O) groups excluding carboxylic acids is 2. The molecule has 7 nitrogen and oxygen atoms in total. The van der Waals surface area contributed by atoms with E-state index in [-0.39, 0.29) is 41.9 Å². The normalized spacial score (nSPS) is 12.6. The van der Waals surface area contributed by atoms with Gasteiger partial charge < -0.3 is 10.2 Å². The predicted octanol–water partition coefficient (Wildman–Crippen LogP) is 5.30. The molecule has 2 rings (SSSR count). The number of hydrogen-bond acceptors (Lipinski definition) is 4. The van der Waals surface area contributed by atoms with Gasteiger partial charge >= 0.3 is 0 Å². The van der Waals surface area contributed by atoms with E-state index in [1.54, 1.807) is 11.0 Å². The second kappa shape index (κ2) is 13.5. The first-order valence-electron chi connectivity index (χ1n) is 12.3. The first kappa shape index (κ1) is 30.9. The van der Waals surface area contributed by atoms with Crippen LogP contribution in [0.25, 0.3) is 0 Å². The Balaban J connectivity index is 2.21. The number of sulfonamides is 1. The van der Waals surface area contributed by atoms with Gasteiger partial charge in [-0.3, -0.25) is 13.9 Å². The van der Waals surface area contributed by atoms with Crippen LogP contribution in [0.2, 0.25) is 10.0 Å². The number of benzene rings is 2. The first-order chi connectivity index (χ1) is 17.2. The van der Waals surface area contributed by atoms with Gasteiger partial charge in [0.25, 0.3) is 0 Å². The Labute approximate surface area is 231 Å². The van der Waals surface area contributed by atoms with Crippen LogP contribution >= 0.6 is 23.2 Å². The molecule has 0 unspecified atom stereocenters. The number of nitrogens with zero attached hydrogens (tertiary/aromatic N) is 2. The van der Waals surface area contributed by atoms with Crippen molar-refractivity contribution in [2.75, 3.05) is 23.7 Å². The second-order valence-corrected chi connectivity index (χ2v) is 12.8. The van der Waals surface area contributed by atoms with Gasteiger partial charge in [-0.25, -0.2) is 8.42 Å². The highest BCUT2D eigenvalue weighted by atomic mass is 35.5. The lowest BCUT2D eigenvalue weighted by Crippen LogP contribution is -2.54. The van der Waals surface area contributed by atoms with Crippen molar-refractivity contribution >= 4 is 50.7 Å². The van der Waals surface area contributed by atoms with E-state index in [4.69, 9.17) is 23.2 Å². The lowest BCUT2D eigenvalue weighted by Gasteiger charge is -2.33. The fourth-order valence-corrected chi connectivity index (χ4v) is 5.41. The molecule has 0 radical (unpaired) electrons. The topological polar surface area (TPSA) is 86.8 Å². The zero-order valence-corrected chi connectivity index (χ0v) is 24.5. The molecule has 0 heterocycles. The Kier molecular flexibility index (Phi) is 11.3. The van der Waals surface area contributed by atoms with E-state index in [9.17, 15) is 18.0 Å². The molecule has 0 bridgehead atoms. The molecule has 0 saturated carbocycles. The van der Waals surface area contributed by atoms with Gasteiger partial charge in [-0.15, -0.1) is 0 Å². The molecular weight excluding hydrogens is 533 g/mol. The summed E-state index contributed by atoms with van der Waals surface area (Å²) in [6.07, 6.45) is 2.45. The summed E-state index contributed by atoms with van der Waals surface area (Å²) >= 11 is 12.3. The van der Waals surface area contributed by atoms with E-state index < -0.39 is 21.6 Å². The highest BCUT2D eigenvalue weighted by molar-refractivity contribution is 7.92. The molecule has 2 aromatic rings. The first-order valence-corrected chi connectivity index (χ1v) is 14.9. The van der Waals surface area contributed by atoms with Crippen LogP contribution in [0.5, 0.6) is 0 Å². The highest BCUT2D eigenvalue weighted by Crippen LogP contribution is 2.31. The van der Waals surface area contributed by atoms with Crippen molar-refractivity contribution in [1.82, 2.24) is 10.2 Å². The number of amides is 2. The van der Waals surface area contributed by atoms with Gasteiger partial charge in [-0.05, 0) is 63.8 Å². The molecule has 10 heteroatoms. The Morgan fingerprint density at radius 1 is 1.03 bits per heavy atom. The molecule has 0 aliphatic carbocycles. The zero-order valence-electron chi connectivity index (χ0n) is 22.1. The third-order valence-corrected chi connectivity index (χ3v) is 7.43. The van der Waals surface area contributed by atoms with Crippen LogP contribution < -0.4 is 9.62 Å². The molecule has 2 amide bonds. The lowest BCUT2D eigenvalue weighted by atomic mass is 10.0. The van der Waals surface area contributed by atoms with Gasteiger partial charge in [0, 0.05) is 30.1 Å². The van der Waals surface area contributed by atoms with Gasteiger partial charge in [0.05, 0.1) is 17.0 Å². The van der Waals surface area contributed by atoms with E-state index in [0.29, 0.717) is 24.4 Å². The van der Waals surface area contributed by atoms with E-state index >= 15 is 0 Å². The average molecular weight is 571 g/mol. The van der Waals surface area contributed by atoms with Crippen molar-refractivity contribution in [3.05, 3.63) is 64.1 Å². The molecule has 2 aromatic carbocycles. The van der Waals surface area contributed by atoms with Crippen molar-refractivity contribution < 1.29 is 18.0 Å². The van der Waals surface area contributed by atoms with E-state index in [0.717, 1.165) is 16.1 Å². The smallest absolute Gasteiger partial charge is 0.243 e. The minimum absolute atomic E-state index is 0.0438. The van der Waals surface area contributed by atoms with Crippen LogP contribution in [0.1, 0.15) is 52.5 Å². The lowest BCUT2D eigenvalue weighted by molar-refractivity contribution is -0.141. The van der Waals surface area contributed by atoms with Crippen molar-refractivity contribution in [2.24, 2.45) is 0 Å². The maximum atomic E-state index is 13.5. The van der Waals surface area contributed by atoms with Crippen LogP contribution in [-0.2, 0) is 26.0 Å². The number of carbonyl (C=O) groups is 2. The van der Waals surface area contributed by atoms with Crippen LogP contribution in [-0.4, -0.2) is 56.1 Å². The molecule has 204 valence electrons. The molecule has 37 heavy (non-hydrogen) atoms. The third kappa shape index (κ3) is 9.83. The van der Waals surface area contributed by atoms with Crippen LogP contribution in [0.15, 0.2) is 48.5 Å². The van der Waals surface area contributed by atoms with E-state index in [2.05, 4.69) is 5.32 Å². The fourth-order valence-electron chi connectivity index (χ4n) is 4.01.